The van der Waals surface area contributed by atoms with E-state index in [0.717, 1.165) is 12.0 Å². The van der Waals surface area contributed by atoms with E-state index in [1.54, 1.807) is 30.3 Å². The molecule has 0 bridgehead atoms. The van der Waals surface area contributed by atoms with Crippen LogP contribution in [-0.2, 0) is 16.8 Å². The lowest BCUT2D eigenvalue weighted by atomic mass is 9.87. The number of ether oxygens (including phenoxy) is 2. The summed E-state index contributed by atoms with van der Waals surface area (Å²) in [7, 11) is 2.99. The highest BCUT2D eigenvalue weighted by Crippen LogP contribution is 2.40. The van der Waals surface area contributed by atoms with Gasteiger partial charge < -0.3 is 19.9 Å². The van der Waals surface area contributed by atoms with Gasteiger partial charge in [-0.25, -0.2) is 0 Å². The molecular formula is C20H21NO5. The molecule has 0 saturated carbocycles. The molecular weight excluding hydrogens is 334 g/mol. The van der Waals surface area contributed by atoms with Gasteiger partial charge in [-0.2, -0.15) is 0 Å². The molecule has 1 amide bonds. The van der Waals surface area contributed by atoms with Crippen LogP contribution in [0.5, 0.6) is 11.5 Å². The highest BCUT2D eigenvalue weighted by atomic mass is 16.5. The molecule has 1 aliphatic heterocycles. The van der Waals surface area contributed by atoms with E-state index < -0.39 is 11.5 Å². The number of benzene rings is 2. The molecule has 1 heterocycles. The molecule has 0 saturated heterocycles. The van der Waals surface area contributed by atoms with Crippen molar-refractivity contribution in [3.05, 3.63) is 53.1 Å². The Hall–Kier alpha value is -2.86. The molecule has 1 atom stereocenters. The van der Waals surface area contributed by atoms with Crippen molar-refractivity contribution in [2.45, 2.75) is 25.4 Å². The normalized spacial score (nSPS) is 18.2. The first-order chi connectivity index (χ1) is 12.4. The number of aryl methyl sites for hydroxylation is 1. The molecule has 0 spiro atoms. The van der Waals surface area contributed by atoms with Gasteiger partial charge in [0, 0.05) is 16.8 Å². The van der Waals surface area contributed by atoms with Crippen molar-refractivity contribution in [3.8, 4) is 11.5 Å². The van der Waals surface area contributed by atoms with Gasteiger partial charge in [0.15, 0.2) is 22.9 Å². The van der Waals surface area contributed by atoms with Gasteiger partial charge in [0.1, 0.15) is 0 Å². The van der Waals surface area contributed by atoms with Crippen LogP contribution < -0.4 is 14.8 Å². The van der Waals surface area contributed by atoms with Crippen LogP contribution in [0.4, 0.5) is 5.69 Å². The lowest BCUT2D eigenvalue weighted by Crippen LogP contribution is -2.36. The summed E-state index contributed by atoms with van der Waals surface area (Å²) in [5.41, 5.74) is 0.414. The lowest BCUT2D eigenvalue weighted by molar-refractivity contribution is -0.133. The van der Waals surface area contributed by atoms with Gasteiger partial charge in [0.2, 0.25) is 0 Å². The molecule has 2 aromatic rings. The molecule has 2 aromatic carbocycles. The Morgan fingerprint density at radius 3 is 2.50 bits per heavy atom. The second-order valence-electron chi connectivity index (χ2n) is 6.22. The number of methoxy groups -OCH3 is 2. The number of hydrogen-bond donors (Lipinski definition) is 2. The lowest BCUT2D eigenvalue weighted by Gasteiger charge is -2.20. The first kappa shape index (κ1) is 17.9. The minimum absolute atomic E-state index is 0.337. The summed E-state index contributed by atoms with van der Waals surface area (Å²) in [5, 5.41) is 13.7. The van der Waals surface area contributed by atoms with E-state index in [0.29, 0.717) is 28.3 Å². The molecule has 0 aromatic heterocycles. The zero-order valence-electron chi connectivity index (χ0n) is 15.0. The number of Topliss-reactive ketones (excluding diaryl/α,β-unsaturated/α-hetero) is 1. The molecule has 6 nitrogen and oxygen atoms in total. The Morgan fingerprint density at radius 2 is 1.85 bits per heavy atom. The quantitative estimate of drug-likeness (QED) is 0.778. The van der Waals surface area contributed by atoms with Crippen molar-refractivity contribution >= 4 is 17.4 Å². The van der Waals surface area contributed by atoms with Crippen LogP contribution in [-0.4, -0.2) is 31.0 Å². The van der Waals surface area contributed by atoms with E-state index in [2.05, 4.69) is 5.32 Å². The van der Waals surface area contributed by atoms with Gasteiger partial charge in [0.25, 0.3) is 5.91 Å². The number of rotatable bonds is 6. The van der Waals surface area contributed by atoms with Crippen LogP contribution in [0.3, 0.4) is 0 Å². The first-order valence-electron chi connectivity index (χ1n) is 8.35. The monoisotopic (exact) mass is 355 g/mol. The van der Waals surface area contributed by atoms with Crippen molar-refractivity contribution in [1.29, 1.82) is 0 Å². The zero-order valence-corrected chi connectivity index (χ0v) is 15.0. The van der Waals surface area contributed by atoms with Crippen LogP contribution in [0.2, 0.25) is 0 Å². The highest BCUT2D eigenvalue weighted by molar-refractivity contribution is 6.09. The topological polar surface area (TPSA) is 84.9 Å². The second-order valence-corrected chi connectivity index (χ2v) is 6.22. The number of nitrogens with one attached hydrogen (secondary N) is 1. The Morgan fingerprint density at radius 1 is 1.12 bits per heavy atom. The molecule has 3 rings (SSSR count). The maximum atomic E-state index is 12.7. The molecule has 0 fully saturated rings. The van der Waals surface area contributed by atoms with Gasteiger partial charge in [0.05, 0.1) is 20.6 Å². The van der Waals surface area contributed by atoms with Crippen LogP contribution in [0.25, 0.3) is 0 Å². The molecule has 1 aliphatic rings. The van der Waals surface area contributed by atoms with Crippen molar-refractivity contribution in [2.24, 2.45) is 0 Å². The number of fused-ring (bicyclic) bond motifs is 1. The summed E-state index contributed by atoms with van der Waals surface area (Å²) in [6, 6.07) is 10.2. The summed E-state index contributed by atoms with van der Waals surface area (Å²) in [5.74, 6) is -0.0397. The van der Waals surface area contributed by atoms with Crippen LogP contribution >= 0.6 is 0 Å². The van der Waals surface area contributed by atoms with E-state index in [4.69, 9.17) is 9.47 Å². The van der Waals surface area contributed by atoms with E-state index in [1.807, 2.05) is 13.0 Å². The van der Waals surface area contributed by atoms with Crippen LogP contribution in [0.1, 0.15) is 34.8 Å². The second kappa shape index (κ2) is 6.80. The zero-order chi connectivity index (χ0) is 18.9. The third-order valence-corrected chi connectivity index (χ3v) is 4.68. The summed E-state index contributed by atoms with van der Waals surface area (Å²) in [4.78, 5) is 25.1. The number of ketones is 1. The van der Waals surface area contributed by atoms with Crippen molar-refractivity contribution in [2.75, 3.05) is 19.5 Å². The van der Waals surface area contributed by atoms with Gasteiger partial charge in [-0.1, -0.05) is 19.1 Å². The number of carbonyl (C=O) groups is 2. The van der Waals surface area contributed by atoms with Gasteiger partial charge in [-0.3, -0.25) is 9.59 Å². The largest absolute Gasteiger partial charge is 0.493 e. The van der Waals surface area contributed by atoms with E-state index >= 15 is 0 Å². The smallest absolute Gasteiger partial charge is 0.261 e. The summed E-state index contributed by atoms with van der Waals surface area (Å²) < 4.78 is 10.4. The molecule has 0 aliphatic carbocycles. The van der Waals surface area contributed by atoms with E-state index in [9.17, 15) is 14.7 Å². The SMILES string of the molecule is CCc1ccc2c(c1)[C@](O)(CC(=O)c1ccc(OC)c(OC)c1)C(=O)N2. The maximum Gasteiger partial charge on any atom is 0.261 e. The number of carbonyl (C=O) groups excluding carboxylic acids is 2. The fourth-order valence-electron chi connectivity index (χ4n) is 3.13. The fourth-order valence-corrected chi connectivity index (χ4v) is 3.13. The van der Waals surface area contributed by atoms with E-state index in [1.165, 1.54) is 14.2 Å². The van der Waals surface area contributed by atoms with Gasteiger partial charge in [-0.05, 0) is 36.2 Å². The third-order valence-electron chi connectivity index (χ3n) is 4.68. The number of anilines is 1. The number of aliphatic hydroxyl groups is 1. The Kier molecular flexibility index (Phi) is 4.70. The maximum absolute atomic E-state index is 12.7. The van der Waals surface area contributed by atoms with Crippen molar-refractivity contribution in [1.82, 2.24) is 0 Å². The molecule has 136 valence electrons. The Balaban J connectivity index is 1.93. The predicted octanol–water partition coefficient (Wildman–Crippen LogP) is 2.68. The fraction of sp³-hybridized carbons (Fsp3) is 0.300. The third kappa shape index (κ3) is 2.93. The molecule has 2 N–H and O–H groups in total. The average Bonchev–Trinajstić information content (AvgIpc) is 2.90. The minimum atomic E-state index is -1.88. The molecule has 6 heteroatoms. The predicted molar refractivity (Wildman–Crippen MR) is 96.8 cm³/mol. The molecule has 0 unspecified atom stereocenters. The average molecular weight is 355 g/mol. The highest BCUT2D eigenvalue weighted by Gasteiger charge is 2.46. The van der Waals surface area contributed by atoms with Crippen LogP contribution in [0.15, 0.2) is 36.4 Å². The van der Waals surface area contributed by atoms with Crippen molar-refractivity contribution in [3.63, 3.8) is 0 Å². The summed E-state index contributed by atoms with van der Waals surface area (Å²) in [6.07, 6.45) is 0.412. The summed E-state index contributed by atoms with van der Waals surface area (Å²) >= 11 is 0. The Labute approximate surface area is 151 Å². The number of hydrogen-bond acceptors (Lipinski definition) is 5. The van der Waals surface area contributed by atoms with Gasteiger partial charge in [-0.15, -0.1) is 0 Å². The van der Waals surface area contributed by atoms with Gasteiger partial charge >= 0.3 is 0 Å². The number of amides is 1. The summed E-state index contributed by atoms with van der Waals surface area (Å²) in [6.45, 7) is 1.99. The molecule has 26 heavy (non-hydrogen) atoms. The van der Waals surface area contributed by atoms with Crippen LogP contribution in [0, 0.1) is 0 Å². The Bertz CT molecular complexity index is 877. The van der Waals surface area contributed by atoms with Crippen molar-refractivity contribution < 1.29 is 24.2 Å². The molecule has 0 radical (unpaired) electrons. The first-order valence-corrected chi connectivity index (χ1v) is 8.35. The van der Waals surface area contributed by atoms with E-state index in [-0.39, 0.29) is 12.2 Å². The standard InChI is InChI=1S/C20H21NO5/c1-4-12-5-7-15-14(9-12)20(24,19(23)21-15)11-16(22)13-6-8-17(25-2)18(10-13)26-3/h5-10,24H,4,11H2,1-3H3,(H,21,23)/t20-/m1/s1. The minimum Gasteiger partial charge on any atom is -0.493 e.